The van der Waals surface area contributed by atoms with Gasteiger partial charge in [0.1, 0.15) is 5.37 Å². The Bertz CT molecular complexity index is 725. The van der Waals surface area contributed by atoms with Crippen molar-refractivity contribution < 1.29 is 13.6 Å². The SMILES string of the molecule is O=C1CSC(c2cccc(Cl)c2)N1Cc1ccc(F)c(F)c1. The van der Waals surface area contributed by atoms with E-state index in [4.69, 9.17) is 11.6 Å². The fourth-order valence-electron chi connectivity index (χ4n) is 2.40. The molecule has 1 saturated heterocycles. The molecular formula is C16H12ClF2NOS. The number of amides is 1. The van der Waals surface area contributed by atoms with E-state index in [-0.39, 0.29) is 17.8 Å². The Kier molecular flexibility index (Phi) is 4.36. The number of hydrogen-bond donors (Lipinski definition) is 0. The molecule has 2 aromatic carbocycles. The Morgan fingerprint density at radius 3 is 2.73 bits per heavy atom. The summed E-state index contributed by atoms with van der Waals surface area (Å²) in [4.78, 5) is 13.8. The molecular weight excluding hydrogens is 328 g/mol. The average molecular weight is 340 g/mol. The van der Waals surface area contributed by atoms with Gasteiger partial charge in [-0.3, -0.25) is 4.79 Å². The van der Waals surface area contributed by atoms with Crippen molar-refractivity contribution in [1.29, 1.82) is 0 Å². The molecule has 1 aliphatic heterocycles. The summed E-state index contributed by atoms with van der Waals surface area (Å²) in [6.07, 6.45) is 0. The van der Waals surface area contributed by atoms with Crippen molar-refractivity contribution in [2.75, 3.05) is 5.75 Å². The van der Waals surface area contributed by atoms with E-state index in [2.05, 4.69) is 0 Å². The van der Waals surface area contributed by atoms with Crippen molar-refractivity contribution >= 4 is 29.3 Å². The number of carbonyl (C=O) groups is 1. The highest BCUT2D eigenvalue weighted by Gasteiger charge is 2.32. The highest BCUT2D eigenvalue weighted by molar-refractivity contribution is 8.00. The largest absolute Gasteiger partial charge is 0.322 e. The average Bonchev–Trinajstić information content (AvgIpc) is 2.84. The molecule has 0 N–H and O–H groups in total. The smallest absolute Gasteiger partial charge is 0.234 e. The zero-order chi connectivity index (χ0) is 15.7. The molecule has 2 nitrogen and oxygen atoms in total. The van der Waals surface area contributed by atoms with Crippen LogP contribution in [0, 0.1) is 11.6 Å². The molecule has 0 aromatic heterocycles. The lowest BCUT2D eigenvalue weighted by Gasteiger charge is -2.24. The van der Waals surface area contributed by atoms with E-state index >= 15 is 0 Å². The molecule has 0 bridgehead atoms. The van der Waals surface area contributed by atoms with Crippen molar-refractivity contribution in [2.24, 2.45) is 0 Å². The molecule has 6 heteroatoms. The Morgan fingerprint density at radius 1 is 1.18 bits per heavy atom. The fourth-order valence-corrected chi connectivity index (χ4v) is 3.77. The highest BCUT2D eigenvalue weighted by Crippen LogP contribution is 2.40. The molecule has 0 radical (unpaired) electrons. The molecule has 22 heavy (non-hydrogen) atoms. The van der Waals surface area contributed by atoms with Crippen LogP contribution in [0.1, 0.15) is 16.5 Å². The number of rotatable bonds is 3. The number of halogens is 3. The quantitative estimate of drug-likeness (QED) is 0.826. The molecule has 0 saturated carbocycles. The summed E-state index contributed by atoms with van der Waals surface area (Å²) in [6, 6.07) is 11.0. The van der Waals surface area contributed by atoms with Gasteiger partial charge in [0.2, 0.25) is 5.91 Å². The van der Waals surface area contributed by atoms with E-state index < -0.39 is 11.6 Å². The van der Waals surface area contributed by atoms with E-state index in [1.165, 1.54) is 17.8 Å². The number of benzene rings is 2. The highest BCUT2D eigenvalue weighted by atomic mass is 35.5. The summed E-state index contributed by atoms with van der Waals surface area (Å²) in [7, 11) is 0. The van der Waals surface area contributed by atoms with Crippen LogP contribution >= 0.6 is 23.4 Å². The van der Waals surface area contributed by atoms with E-state index in [9.17, 15) is 13.6 Å². The predicted octanol–water partition coefficient (Wildman–Crippen LogP) is 4.39. The first-order valence-electron chi connectivity index (χ1n) is 6.65. The summed E-state index contributed by atoms with van der Waals surface area (Å²) in [5.41, 5.74) is 1.48. The number of hydrogen-bond acceptors (Lipinski definition) is 2. The summed E-state index contributed by atoms with van der Waals surface area (Å²) in [5.74, 6) is -1.46. The lowest BCUT2D eigenvalue weighted by atomic mass is 10.1. The maximum Gasteiger partial charge on any atom is 0.234 e. The van der Waals surface area contributed by atoms with Gasteiger partial charge in [0.15, 0.2) is 11.6 Å². The molecule has 114 valence electrons. The monoisotopic (exact) mass is 339 g/mol. The molecule has 1 heterocycles. The third kappa shape index (κ3) is 3.10. The van der Waals surface area contributed by atoms with Crippen molar-refractivity contribution in [3.8, 4) is 0 Å². The van der Waals surface area contributed by atoms with Crippen LogP contribution in [-0.4, -0.2) is 16.6 Å². The second-order valence-corrected chi connectivity index (χ2v) is 6.49. The van der Waals surface area contributed by atoms with Crippen LogP contribution in [-0.2, 0) is 11.3 Å². The summed E-state index contributed by atoms with van der Waals surface area (Å²) in [6.45, 7) is 0.236. The van der Waals surface area contributed by atoms with Crippen LogP contribution in [0.5, 0.6) is 0 Å². The Balaban J connectivity index is 1.86. The van der Waals surface area contributed by atoms with Crippen LogP contribution in [0.25, 0.3) is 0 Å². The van der Waals surface area contributed by atoms with Gasteiger partial charge < -0.3 is 4.90 Å². The van der Waals surface area contributed by atoms with Crippen LogP contribution < -0.4 is 0 Å². The Hall–Kier alpha value is -1.59. The maximum absolute atomic E-state index is 13.3. The van der Waals surface area contributed by atoms with Gasteiger partial charge in [0.05, 0.1) is 5.75 Å². The molecule has 1 fully saturated rings. The topological polar surface area (TPSA) is 20.3 Å². The minimum absolute atomic E-state index is 0.0280. The molecule has 1 aliphatic rings. The minimum Gasteiger partial charge on any atom is -0.322 e. The predicted molar refractivity (Wildman–Crippen MR) is 83.6 cm³/mol. The number of nitrogens with zero attached hydrogens (tertiary/aromatic N) is 1. The van der Waals surface area contributed by atoms with Crippen molar-refractivity contribution in [3.05, 3.63) is 70.2 Å². The second-order valence-electron chi connectivity index (χ2n) is 4.99. The van der Waals surface area contributed by atoms with Crippen LogP contribution in [0.2, 0.25) is 5.02 Å². The fraction of sp³-hybridized carbons (Fsp3) is 0.188. The van der Waals surface area contributed by atoms with E-state index in [0.717, 1.165) is 17.7 Å². The number of thioether (sulfide) groups is 1. The molecule has 1 atom stereocenters. The van der Waals surface area contributed by atoms with Crippen molar-refractivity contribution in [1.82, 2.24) is 4.90 Å². The van der Waals surface area contributed by atoms with Gasteiger partial charge in [-0.2, -0.15) is 0 Å². The van der Waals surface area contributed by atoms with Crippen LogP contribution in [0.4, 0.5) is 8.78 Å². The summed E-state index contributed by atoms with van der Waals surface area (Å²) >= 11 is 7.50. The van der Waals surface area contributed by atoms with Gasteiger partial charge in [0.25, 0.3) is 0 Å². The van der Waals surface area contributed by atoms with E-state index in [1.807, 2.05) is 18.2 Å². The van der Waals surface area contributed by atoms with Gasteiger partial charge in [-0.05, 0) is 35.4 Å². The van der Waals surface area contributed by atoms with Gasteiger partial charge in [-0.1, -0.05) is 29.8 Å². The first kappa shape index (κ1) is 15.3. The first-order valence-corrected chi connectivity index (χ1v) is 8.08. The van der Waals surface area contributed by atoms with E-state index in [1.54, 1.807) is 11.0 Å². The molecule has 1 amide bonds. The summed E-state index contributed by atoms with van der Waals surface area (Å²) in [5, 5.41) is 0.435. The zero-order valence-corrected chi connectivity index (χ0v) is 13.0. The van der Waals surface area contributed by atoms with Gasteiger partial charge in [0, 0.05) is 11.6 Å². The second kappa shape index (κ2) is 6.26. The maximum atomic E-state index is 13.3. The normalized spacial score (nSPS) is 18.0. The standard InChI is InChI=1S/C16H12ClF2NOS/c17-12-3-1-2-11(7-12)16-20(15(21)9-22-16)8-10-4-5-13(18)14(19)6-10/h1-7,16H,8-9H2. The van der Waals surface area contributed by atoms with Crippen LogP contribution in [0.3, 0.4) is 0 Å². The minimum atomic E-state index is -0.906. The van der Waals surface area contributed by atoms with Gasteiger partial charge in [-0.15, -0.1) is 11.8 Å². The van der Waals surface area contributed by atoms with Crippen LogP contribution in [0.15, 0.2) is 42.5 Å². The van der Waals surface area contributed by atoms with Gasteiger partial charge >= 0.3 is 0 Å². The lowest BCUT2D eigenvalue weighted by Crippen LogP contribution is -2.27. The Morgan fingerprint density at radius 2 is 2.00 bits per heavy atom. The molecule has 0 aliphatic carbocycles. The van der Waals surface area contributed by atoms with E-state index in [0.29, 0.717) is 16.3 Å². The number of carbonyl (C=O) groups excluding carboxylic acids is 1. The van der Waals surface area contributed by atoms with Crippen molar-refractivity contribution in [3.63, 3.8) is 0 Å². The zero-order valence-electron chi connectivity index (χ0n) is 11.4. The van der Waals surface area contributed by atoms with Crippen molar-refractivity contribution in [2.45, 2.75) is 11.9 Å². The molecule has 2 aromatic rings. The third-order valence-corrected chi connectivity index (χ3v) is 4.93. The lowest BCUT2D eigenvalue weighted by molar-refractivity contribution is -0.128. The third-order valence-electron chi connectivity index (χ3n) is 3.44. The molecule has 1 unspecified atom stereocenters. The Labute approximate surface area is 136 Å². The van der Waals surface area contributed by atoms with Gasteiger partial charge in [-0.25, -0.2) is 8.78 Å². The summed E-state index contributed by atoms with van der Waals surface area (Å²) < 4.78 is 26.3. The molecule has 0 spiro atoms. The molecule has 3 rings (SSSR count). The first-order chi connectivity index (χ1) is 10.5.